The lowest BCUT2D eigenvalue weighted by molar-refractivity contribution is -0.152. The van der Waals surface area contributed by atoms with E-state index in [0.717, 1.165) is 4.90 Å². The molecule has 1 N–H and O–H groups in total. The van der Waals surface area contributed by atoms with Crippen LogP contribution in [-0.2, 0) is 9.59 Å². The molecule has 0 spiro atoms. The van der Waals surface area contributed by atoms with Gasteiger partial charge in [0, 0.05) is 0 Å². The fourth-order valence-electron chi connectivity index (χ4n) is 1.72. The van der Waals surface area contributed by atoms with E-state index in [9.17, 15) is 22.8 Å². The number of halogens is 3. The number of carbonyl (C=O) groups is 2. The molecule has 0 radical (unpaired) electrons. The van der Waals surface area contributed by atoms with Crippen LogP contribution in [0.25, 0.3) is 0 Å². The van der Waals surface area contributed by atoms with E-state index < -0.39 is 31.0 Å². The van der Waals surface area contributed by atoms with Gasteiger partial charge >= 0.3 is 6.18 Å². The third-order valence-electron chi connectivity index (χ3n) is 2.42. The van der Waals surface area contributed by atoms with E-state index in [1.165, 1.54) is 12.1 Å². The molecule has 2 rings (SSSR count). The predicted molar refractivity (Wildman–Crippen MR) is 58.1 cm³/mol. The van der Waals surface area contributed by atoms with Gasteiger partial charge in [0.25, 0.3) is 0 Å². The number of amides is 2. The average molecular weight is 258 g/mol. The Morgan fingerprint density at radius 3 is 2.67 bits per heavy atom. The molecule has 18 heavy (non-hydrogen) atoms. The second kappa shape index (κ2) is 4.32. The molecule has 1 aliphatic rings. The third-order valence-corrected chi connectivity index (χ3v) is 2.42. The second-order valence-corrected chi connectivity index (χ2v) is 3.84. The molecule has 7 heteroatoms. The first-order valence-corrected chi connectivity index (χ1v) is 5.13. The molecular weight excluding hydrogens is 249 g/mol. The fourth-order valence-corrected chi connectivity index (χ4v) is 1.72. The number of para-hydroxylation sites is 2. The molecule has 0 atom stereocenters. The van der Waals surface area contributed by atoms with Crippen molar-refractivity contribution >= 4 is 23.2 Å². The van der Waals surface area contributed by atoms with E-state index in [2.05, 4.69) is 5.32 Å². The van der Waals surface area contributed by atoms with Crippen molar-refractivity contribution in [1.29, 1.82) is 0 Å². The molecule has 96 valence electrons. The zero-order chi connectivity index (χ0) is 13.3. The Balaban J connectivity index is 2.29. The standard InChI is InChI=1S/C11H9F3N2O2/c12-11(13,14)5-10(18)16-6-9(17)15-7-3-1-2-4-8(7)16/h1-4H,5-6H2,(H,15,17). The molecule has 0 fully saturated rings. The number of benzene rings is 1. The Labute approximate surface area is 100 Å². The lowest BCUT2D eigenvalue weighted by Gasteiger charge is -2.29. The van der Waals surface area contributed by atoms with Crippen LogP contribution in [0.5, 0.6) is 0 Å². The molecule has 0 saturated heterocycles. The van der Waals surface area contributed by atoms with Crippen LogP contribution in [0.1, 0.15) is 6.42 Å². The molecule has 0 aliphatic carbocycles. The highest BCUT2D eigenvalue weighted by molar-refractivity contribution is 6.09. The van der Waals surface area contributed by atoms with E-state index in [1.54, 1.807) is 12.1 Å². The summed E-state index contributed by atoms with van der Waals surface area (Å²) in [7, 11) is 0. The summed E-state index contributed by atoms with van der Waals surface area (Å²) >= 11 is 0. The molecule has 2 amide bonds. The zero-order valence-corrected chi connectivity index (χ0v) is 9.12. The maximum absolute atomic E-state index is 12.2. The zero-order valence-electron chi connectivity index (χ0n) is 9.12. The quantitative estimate of drug-likeness (QED) is 0.836. The molecule has 4 nitrogen and oxygen atoms in total. The van der Waals surface area contributed by atoms with Gasteiger partial charge in [-0.1, -0.05) is 12.1 Å². The summed E-state index contributed by atoms with van der Waals surface area (Å²) in [6.07, 6.45) is -6.16. The number of hydrogen-bond acceptors (Lipinski definition) is 2. The molecule has 0 saturated carbocycles. The van der Waals surface area contributed by atoms with Crippen LogP contribution in [0, 0.1) is 0 Å². The fraction of sp³-hybridized carbons (Fsp3) is 0.273. The van der Waals surface area contributed by atoms with Gasteiger partial charge in [-0.2, -0.15) is 13.2 Å². The first kappa shape index (κ1) is 12.4. The highest BCUT2D eigenvalue weighted by atomic mass is 19.4. The molecular formula is C11H9F3N2O2. The van der Waals surface area contributed by atoms with Gasteiger partial charge in [0.2, 0.25) is 11.8 Å². The monoisotopic (exact) mass is 258 g/mol. The van der Waals surface area contributed by atoms with Crippen LogP contribution in [-0.4, -0.2) is 24.5 Å². The normalized spacial score (nSPS) is 15.1. The van der Waals surface area contributed by atoms with Crippen molar-refractivity contribution in [1.82, 2.24) is 0 Å². The largest absolute Gasteiger partial charge is 0.397 e. The summed E-state index contributed by atoms with van der Waals surface area (Å²) in [5.74, 6) is -1.64. The first-order valence-electron chi connectivity index (χ1n) is 5.13. The molecule has 0 aromatic heterocycles. The molecule has 1 aromatic rings. The number of anilines is 2. The Bertz CT molecular complexity index is 499. The minimum Gasteiger partial charge on any atom is -0.323 e. The number of nitrogens with zero attached hydrogens (tertiary/aromatic N) is 1. The minimum absolute atomic E-state index is 0.284. The molecule has 1 aromatic carbocycles. The summed E-state index contributed by atoms with van der Waals surface area (Å²) in [5, 5.41) is 2.49. The van der Waals surface area contributed by atoms with Crippen LogP contribution in [0.15, 0.2) is 24.3 Å². The van der Waals surface area contributed by atoms with Crippen LogP contribution in [0.2, 0.25) is 0 Å². The minimum atomic E-state index is -4.58. The van der Waals surface area contributed by atoms with Crippen LogP contribution >= 0.6 is 0 Å². The Kier molecular flexibility index (Phi) is 2.98. The summed E-state index contributed by atoms with van der Waals surface area (Å²) < 4.78 is 36.6. The number of fused-ring (bicyclic) bond motifs is 1. The molecule has 1 heterocycles. The smallest absolute Gasteiger partial charge is 0.323 e. The van der Waals surface area contributed by atoms with Crippen molar-refractivity contribution in [2.75, 3.05) is 16.8 Å². The third kappa shape index (κ3) is 2.61. The molecule has 0 unspecified atom stereocenters. The van der Waals surface area contributed by atoms with Gasteiger partial charge < -0.3 is 10.2 Å². The maximum atomic E-state index is 12.2. The molecule has 0 bridgehead atoms. The summed E-state index contributed by atoms with van der Waals surface area (Å²) in [5.41, 5.74) is 0.621. The number of hydrogen-bond donors (Lipinski definition) is 1. The van der Waals surface area contributed by atoms with Crippen LogP contribution in [0.3, 0.4) is 0 Å². The van der Waals surface area contributed by atoms with Gasteiger partial charge in [-0.25, -0.2) is 0 Å². The Hall–Kier alpha value is -2.05. The lowest BCUT2D eigenvalue weighted by atomic mass is 10.2. The van der Waals surface area contributed by atoms with Gasteiger partial charge in [0.1, 0.15) is 13.0 Å². The van der Waals surface area contributed by atoms with Crippen LogP contribution < -0.4 is 10.2 Å². The number of nitrogens with one attached hydrogen (secondary N) is 1. The van der Waals surface area contributed by atoms with Crippen molar-refractivity contribution in [3.8, 4) is 0 Å². The topological polar surface area (TPSA) is 49.4 Å². The highest BCUT2D eigenvalue weighted by Gasteiger charge is 2.36. The van der Waals surface area contributed by atoms with Crippen molar-refractivity contribution in [2.45, 2.75) is 12.6 Å². The summed E-state index contributed by atoms with van der Waals surface area (Å²) in [6, 6.07) is 6.23. The maximum Gasteiger partial charge on any atom is 0.397 e. The number of rotatable bonds is 1. The number of alkyl halides is 3. The lowest BCUT2D eigenvalue weighted by Crippen LogP contribution is -2.43. The second-order valence-electron chi connectivity index (χ2n) is 3.84. The highest BCUT2D eigenvalue weighted by Crippen LogP contribution is 2.31. The van der Waals surface area contributed by atoms with E-state index in [4.69, 9.17) is 0 Å². The summed E-state index contributed by atoms with van der Waals surface area (Å²) in [6.45, 7) is -0.397. The van der Waals surface area contributed by atoms with Gasteiger partial charge in [-0.15, -0.1) is 0 Å². The summed E-state index contributed by atoms with van der Waals surface area (Å²) in [4.78, 5) is 23.7. The Morgan fingerprint density at radius 2 is 2.00 bits per heavy atom. The van der Waals surface area contributed by atoms with E-state index in [-0.39, 0.29) is 5.69 Å². The van der Waals surface area contributed by atoms with Gasteiger partial charge in [-0.05, 0) is 12.1 Å². The first-order chi connectivity index (χ1) is 8.37. The Morgan fingerprint density at radius 1 is 1.33 bits per heavy atom. The van der Waals surface area contributed by atoms with E-state index in [0.29, 0.717) is 5.69 Å². The predicted octanol–water partition coefficient (Wildman–Crippen LogP) is 1.92. The van der Waals surface area contributed by atoms with Crippen molar-refractivity contribution < 1.29 is 22.8 Å². The van der Waals surface area contributed by atoms with Gasteiger partial charge in [0.15, 0.2) is 0 Å². The SMILES string of the molecule is O=C1CN(C(=O)CC(F)(F)F)c2ccccc2N1. The van der Waals surface area contributed by atoms with E-state index in [1.807, 2.05) is 0 Å². The van der Waals surface area contributed by atoms with Crippen LogP contribution in [0.4, 0.5) is 24.5 Å². The average Bonchev–Trinajstić information content (AvgIpc) is 2.25. The van der Waals surface area contributed by atoms with Crippen molar-refractivity contribution in [2.24, 2.45) is 0 Å². The van der Waals surface area contributed by atoms with Crippen molar-refractivity contribution in [3.05, 3.63) is 24.3 Å². The van der Waals surface area contributed by atoms with Crippen molar-refractivity contribution in [3.63, 3.8) is 0 Å². The van der Waals surface area contributed by atoms with Gasteiger partial charge in [0.05, 0.1) is 11.4 Å². The van der Waals surface area contributed by atoms with E-state index >= 15 is 0 Å². The number of carbonyl (C=O) groups excluding carboxylic acids is 2. The van der Waals surface area contributed by atoms with Gasteiger partial charge in [-0.3, -0.25) is 9.59 Å². The molecule has 1 aliphatic heterocycles.